The second kappa shape index (κ2) is 10.3. The van der Waals surface area contributed by atoms with Gasteiger partial charge in [-0.25, -0.2) is 4.79 Å². The number of halogens is 2. The number of anilines is 1. The first kappa shape index (κ1) is 22.0. The highest BCUT2D eigenvalue weighted by Gasteiger charge is 2.11. The normalized spacial score (nSPS) is 10.6. The molecule has 0 spiro atoms. The first-order valence-electron chi connectivity index (χ1n) is 8.85. The van der Waals surface area contributed by atoms with Crippen molar-refractivity contribution >= 4 is 62.7 Å². The maximum absolute atomic E-state index is 12.4. The minimum Gasteiger partial charge on any atom is -0.422 e. The number of benzene rings is 3. The van der Waals surface area contributed by atoms with Crippen molar-refractivity contribution in [3.8, 4) is 5.75 Å². The molecule has 2 N–H and O–H groups in total. The fourth-order valence-electron chi connectivity index (χ4n) is 2.50. The molecule has 0 aliphatic rings. The lowest BCUT2D eigenvalue weighted by molar-refractivity contribution is 0.0734. The van der Waals surface area contributed by atoms with Gasteiger partial charge in [-0.1, -0.05) is 39.7 Å². The molecule has 8 heteroatoms. The van der Waals surface area contributed by atoms with Crippen molar-refractivity contribution in [2.45, 2.75) is 6.92 Å². The molecule has 3 aromatic rings. The average Bonchev–Trinajstić information content (AvgIpc) is 2.70. The van der Waals surface area contributed by atoms with Crippen LogP contribution in [0.1, 0.15) is 21.5 Å². The molecule has 0 aliphatic heterocycles. The molecule has 0 aromatic heterocycles. The van der Waals surface area contributed by atoms with Gasteiger partial charge in [0.15, 0.2) is 5.11 Å². The van der Waals surface area contributed by atoms with Gasteiger partial charge >= 0.3 is 5.97 Å². The quantitative estimate of drug-likeness (QED) is 0.148. The second-order valence-corrected chi connectivity index (χ2v) is 8.03. The Balaban J connectivity index is 1.67. The van der Waals surface area contributed by atoms with Crippen LogP contribution in [0.25, 0.3) is 0 Å². The van der Waals surface area contributed by atoms with Crippen LogP contribution in [0.4, 0.5) is 5.69 Å². The zero-order valence-electron chi connectivity index (χ0n) is 15.9. The van der Waals surface area contributed by atoms with Crippen LogP contribution in [0.2, 0.25) is 5.02 Å². The Kier molecular flexibility index (Phi) is 7.57. The summed E-state index contributed by atoms with van der Waals surface area (Å²) in [5.74, 6) is -0.130. The molecule has 0 saturated heterocycles. The van der Waals surface area contributed by atoms with E-state index >= 15 is 0 Å². The van der Waals surface area contributed by atoms with Gasteiger partial charge in [-0.2, -0.15) is 5.10 Å². The molecule has 0 heterocycles. The van der Waals surface area contributed by atoms with Crippen molar-refractivity contribution < 1.29 is 9.53 Å². The van der Waals surface area contributed by atoms with Gasteiger partial charge in [0.25, 0.3) is 0 Å². The third-order valence-electron chi connectivity index (χ3n) is 3.90. The first-order chi connectivity index (χ1) is 14.4. The molecular formula is C22H17BrClN3O2S. The van der Waals surface area contributed by atoms with Gasteiger partial charge in [0, 0.05) is 20.7 Å². The lowest BCUT2D eigenvalue weighted by Gasteiger charge is -2.09. The Hall–Kier alpha value is -2.74. The van der Waals surface area contributed by atoms with E-state index in [0.29, 0.717) is 27.0 Å². The number of thiocarbonyl (C=S) groups is 1. The highest BCUT2D eigenvalue weighted by atomic mass is 79.9. The van der Waals surface area contributed by atoms with E-state index in [1.165, 1.54) is 6.21 Å². The van der Waals surface area contributed by atoms with E-state index < -0.39 is 5.97 Å². The van der Waals surface area contributed by atoms with Crippen LogP contribution < -0.4 is 15.5 Å². The molecule has 5 nitrogen and oxygen atoms in total. The predicted molar refractivity (Wildman–Crippen MR) is 129 cm³/mol. The van der Waals surface area contributed by atoms with Gasteiger partial charge in [0.1, 0.15) is 5.75 Å². The van der Waals surface area contributed by atoms with E-state index in [4.69, 9.17) is 28.6 Å². The number of hydrogen-bond donors (Lipinski definition) is 2. The molecule has 3 rings (SSSR count). The minimum atomic E-state index is -0.492. The van der Waals surface area contributed by atoms with Crippen LogP contribution in [0.5, 0.6) is 5.75 Å². The molecule has 0 saturated carbocycles. The summed E-state index contributed by atoms with van der Waals surface area (Å²) in [6.07, 6.45) is 1.53. The maximum atomic E-state index is 12.4. The summed E-state index contributed by atoms with van der Waals surface area (Å²) in [5, 5.41) is 8.08. The van der Waals surface area contributed by atoms with Crippen LogP contribution in [0.3, 0.4) is 0 Å². The number of hydrazone groups is 1. The number of ether oxygens (including phenoxy) is 1. The Morgan fingerprint density at radius 2 is 1.90 bits per heavy atom. The van der Waals surface area contributed by atoms with E-state index in [1.807, 2.05) is 31.2 Å². The number of hydrogen-bond acceptors (Lipinski definition) is 4. The fourth-order valence-corrected chi connectivity index (χ4v) is 3.18. The molecule has 30 heavy (non-hydrogen) atoms. The summed E-state index contributed by atoms with van der Waals surface area (Å²) in [6, 6.07) is 19.5. The summed E-state index contributed by atoms with van der Waals surface area (Å²) in [5.41, 5.74) is 5.73. The first-order valence-corrected chi connectivity index (χ1v) is 10.4. The number of carbonyl (C=O) groups is 1. The molecule has 0 aliphatic carbocycles. The van der Waals surface area contributed by atoms with E-state index in [0.717, 1.165) is 15.7 Å². The van der Waals surface area contributed by atoms with E-state index in [2.05, 4.69) is 31.8 Å². The number of esters is 1. The highest BCUT2D eigenvalue weighted by Crippen LogP contribution is 2.23. The number of carbonyl (C=O) groups excluding carboxylic acids is 1. The summed E-state index contributed by atoms with van der Waals surface area (Å²) in [4.78, 5) is 12.4. The van der Waals surface area contributed by atoms with Crippen LogP contribution in [-0.2, 0) is 0 Å². The van der Waals surface area contributed by atoms with Crippen molar-refractivity contribution in [3.63, 3.8) is 0 Å². The standard InChI is InChI=1S/C22H17BrClN3O2S/c1-14-3-2-4-19(11-14)26-22(30)27-25-13-16-12-17(23)7-10-20(16)29-21(28)15-5-8-18(24)9-6-15/h2-13H,1H3,(H2,26,27,30)/b25-13-. The Morgan fingerprint density at radius 3 is 2.63 bits per heavy atom. The van der Waals surface area contributed by atoms with Gasteiger partial charge in [0.2, 0.25) is 0 Å². The van der Waals surface area contributed by atoms with E-state index in [1.54, 1.807) is 42.5 Å². The van der Waals surface area contributed by atoms with Crippen molar-refractivity contribution in [3.05, 3.63) is 92.9 Å². The zero-order valence-corrected chi connectivity index (χ0v) is 19.0. The highest BCUT2D eigenvalue weighted by molar-refractivity contribution is 9.10. The third kappa shape index (κ3) is 6.38. The molecule has 0 radical (unpaired) electrons. The fraction of sp³-hybridized carbons (Fsp3) is 0.0455. The van der Waals surface area contributed by atoms with Gasteiger partial charge in [-0.15, -0.1) is 0 Å². The predicted octanol–water partition coefficient (Wildman–Crippen LogP) is 5.95. The van der Waals surface area contributed by atoms with Gasteiger partial charge < -0.3 is 10.1 Å². The Labute approximate surface area is 193 Å². The minimum absolute atomic E-state index is 0.339. The molecule has 0 amide bonds. The van der Waals surface area contributed by atoms with Crippen LogP contribution >= 0.6 is 39.7 Å². The number of aryl methyl sites for hydroxylation is 1. The lowest BCUT2D eigenvalue weighted by atomic mass is 10.2. The summed E-state index contributed by atoms with van der Waals surface area (Å²) >= 11 is 14.5. The monoisotopic (exact) mass is 501 g/mol. The Morgan fingerprint density at radius 1 is 1.13 bits per heavy atom. The largest absolute Gasteiger partial charge is 0.422 e. The molecule has 0 unspecified atom stereocenters. The summed E-state index contributed by atoms with van der Waals surface area (Å²) in [7, 11) is 0. The van der Waals surface area contributed by atoms with Crippen molar-refractivity contribution in [2.75, 3.05) is 5.32 Å². The number of rotatable bonds is 5. The third-order valence-corrected chi connectivity index (χ3v) is 4.84. The maximum Gasteiger partial charge on any atom is 0.343 e. The van der Waals surface area contributed by atoms with Crippen molar-refractivity contribution in [2.24, 2.45) is 5.10 Å². The lowest BCUT2D eigenvalue weighted by Crippen LogP contribution is -2.23. The van der Waals surface area contributed by atoms with Gasteiger partial charge in [-0.05, 0) is 79.3 Å². The second-order valence-electron chi connectivity index (χ2n) is 6.27. The molecule has 152 valence electrons. The van der Waals surface area contributed by atoms with E-state index in [9.17, 15) is 4.79 Å². The van der Waals surface area contributed by atoms with E-state index in [-0.39, 0.29) is 0 Å². The summed E-state index contributed by atoms with van der Waals surface area (Å²) < 4.78 is 6.34. The van der Waals surface area contributed by atoms with Crippen LogP contribution in [-0.4, -0.2) is 17.3 Å². The summed E-state index contributed by atoms with van der Waals surface area (Å²) in [6.45, 7) is 2.00. The van der Waals surface area contributed by atoms with Crippen LogP contribution in [0, 0.1) is 6.92 Å². The van der Waals surface area contributed by atoms with Crippen molar-refractivity contribution in [1.82, 2.24) is 5.43 Å². The van der Waals surface area contributed by atoms with Crippen molar-refractivity contribution in [1.29, 1.82) is 0 Å². The number of nitrogens with one attached hydrogen (secondary N) is 2. The molecule has 0 atom stereocenters. The smallest absolute Gasteiger partial charge is 0.343 e. The Bertz CT molecular complexity index is 1100. The molecular weight excluding hydrogens is 486 g/mol. The average molecular weight is 503 g/mol. The van der Waals surface area contributed by atoms with Gasteiger partial charge in [-0.3, -0.25) is 5.43 Å². The SMILES string of the molecule is Cc1cccc(NC(=S)N/N=C\c2cc(Br)ccc2OC(=O)c2ccc(Cl)cc2)c1. The molecule has 0 fully saturated rings. The number of nitrogens with zero attached hydrogens (tertiary/aromatic N) is 1. The van der Waals surface area contributed by atoms with Crippen LogP contribution in [0.15, 0.2) is 76.3 Å². The topological polar surface area (TPSA) is 62.7 Å². The molecule has 0 bridgehead atoms. The van der Waals surface area contributed by atoms with Gasteiger partial charge in [0.05, 0.1) is 11.8 Å². The molecule has 3 aromatic carbocycles. The zero-order chi connectivity index (χ0) is 21.5.